The van der Waals surface area contributed by atoms with Crippen LogP contribution in [0.5, 0.6) is 0 Å². The summed E-state index contributed by atoms with van der Waals surface area (Å²) in [5.41, 5.74) is -2.32. The van der Waals surface area contributed by atoms with Gasteiger partial charge < -0.3 is 20.1 Å². The topological polar surface area (TPSA) is 158 Å². The predicted octanol–water partition coefficient (Wildman–Crippen LogP) is -2.94. The molecule has 11 heteroatoms. The molecule has 0 amide bonds. The number of allylic oxidation sites excluding steroid dienone is 4. The van der Waals surface area contributed by atoms with Crippen LogP contribution in [0.4, 0.5) is 0 Å². The molecule has 0 saturated heterocycles. The fourth-order valence-corrected chi connectivity index (χ4v) is 8.14. The van der Waals surface area contributed by atoms with E-state index in [1.54, 1.807) is 19.1 Å². The molecule has 188 valence electrons. The third-order valence-electron chi connectivity index (χ3n) is 9.03. The van der Waals surface area contributed by atoms with Crippen LogP contribution in [0.25, 0.3) is 0 Å². The number of carbonyl (C=O) groups excluding carboxylic acids is 3. The van der Waals surface area contributed by atoms with E-state index in [9.17, 15) is 38.1 Å². The molecule has 3 saturated carbocycles. The second-order valence-corrected chi connectivity index (χ2v) is 12.4. The van der Waals surface area contributed by atoms with E-state index in [1.165, 1.54) is 0 Å². The largest absolute Gasteiger partial charge is 1.00 e. The number of hydrogen-bond donors (Lipinski definition) is 2. The normalized spacial score (nSPS) is 40.1. The van der Waals surface area contributed by atoms with Crippen molar-refractivity contribution in [1.29, 1.82) is 0 Å². The molecule has 0 aromatic carbocycles. The molecule has 4 unspecified atom stereocenters. The van der Waals surface area contributed by atoms with Gasteiger partial charge in [-0.25, -0.2) is 0 Å². The van der Waals surface area contributed by atoms with Gasteiger partial charge in [0.05, 0.1) is 11.9 Å². The van der Waals surface area contributed by atoms with E-state index in [0.717, 1.165) is 12.0 Å². The summed E-state index contributed by atoms with van der Waals surface area (Å²) in [5.74, 6) is -3.44. The first-order valence-electron chi connectivity index (χ1n) is 11.7. The number of fused-ring (bicyclic) bond motifs is 5. The summed E-state index contributed by atoms with van der Waals surface area (Å²) in [5, 5.41) is 33.4. The first kappa shape index (κ1) is 28.7. The third kappa shape index (κ3) is 4.76. The van der Waals surface area contributed by atoms with E-state index in [-0.39, 0.29) is 65.9 Å². The molecule has 4 aliphatic rings. The Morgan fingerprint density at radius 1 is 1.26 bits per heavy atom. The van der Waals surface area contributed by atoms with E-state index in [1.807, 2.05) is 13.0 Å². The average molecular weight is 519 g/mol. The molecule has 9 nitrogen and oxygen atoms in total. The Morgan fingerprint density at radius 2 is 1.94 bits per heavy atom. The SMILES string of the molecule is C[C@]12C=CC(=O)C=C1CCC1C2C(O)C[C@@]2(C)C1CC[C@]2(O)C(=O)COS(=O)(=O)CCC(=O)[O-].[Na+]. The fourth-order valence-electron chi connectivity index (χ4n) is 7.32. The van der Waals surface area contributed by atoms with Gasteiger partial charge in [-0.2, -0.15) is 8.42 Å². The smallest absolute Gasteiger partial charge is 0.550 e. The first-order valence-corrected chi connectivity index (χ1v) is 13.3. The second-order valence-electron chi connectivity index (χ2n) is 10.7. The molecule has 0 heterocycles. The van der Waals surface area contributed by atoms with Gasteiger partial charge in [0.2, 0.25) is 0 Å². The Morgan fingerprint density at radius 3 is 2.60 bits per heavy atom. The van der Waals surface area contributed by atoms with Crippen LogP contribution in [0, 0.1) is 28.6 Å². The Hall–Kier alpha value is -0.880. The molecular weight excluding hydrogens is 487 g/mol. The van der Waals surface area contributed by atoms with Crippen LogP contribution >= 0.6 is 0 Å². The minimum atomic E-state index is -4.28. The number of aliphatic hydroxyl groups excluding tert-OH is 1. The maximum Gasteiger partial charge on any atom is 1.00 e. The fraction of sp³-hybridized carbons (Fsp3) is 0.708. The van der Waals surface area contributed by atoms with Gasteiger partial charge in [-0.15, -0.1) is 0 Å². The average Bonchev–Trinajstić information content (AvgIpc) is 3.02. The number of hydrogen-bond acceptors (Lipinski definition) is 9. The summed E-state index contributed by atoms with van der Waals surface area (Å²) in [7, 11) is -4.28. The summed E-state index contributed by atoms with van der Waals surface area (Å²) in [6, 6.07) is 0. The minimum Gasteiger partial charge on any atom is -0.550 e. The summed E-state index contributed by atoms with van der Waals surface area (Å²) in [4.78, 5) is 35.5. The van der Waals surface area contributed by atoms with Crippen LogP contribution in [0.2, 0.25) is 0 Å². The van der Waals surface area contributed by atoms with Crippen LogP contribution in [-0.2, 0) is 28.7 Å². The molecule has 0 bridgehead atoms. The van der Waals surface area contributed by atoms with Crippen LogP contribution in [0.3, 0.4) is 0 Å². The molecule has 0 aromatic heterocycles. The van der Waals surface area contributed by atoms with Gasteiger partial charge in [0.25, 0.3) is 10.1 Å². The molecular formula is C24H31NaO9S. The van der Waals surface area contributed by atoms with Crippen LogP contribution < -0.4 is 34.7 Å². The molecule has 4 aliphatic carbocycles. The maximum absolute atomic E-state index is 13.1. The van der Waals surface area contributed by atoms with Gasteiger partial charge in [0, 0.05) is 29.1 Å². The Kier molecular flexibility index (Phi) is 8.01. The Balaban J connectivity index is 0.00000342. The number of Topliss-reactive ketones (excluding diaryl/α,β-unsaturated/α-hetero) is 1. The molecule has 7 atom stereocenters. The Labute approximate surface area is 227 Å². The summed E-state index contributed by atoms with van der Waals surface area (Å²) >= 11 is 0. The van der Waals surface area contributed by atoms with E-state index in [4.69, 9.17) is 4.18 Å². The van der Waals surface area contributed by atoms with Gasteiger partial charge in [-0.05, 0) is 56.1 Å². The molecule has 3 fully saturated rings. The number of carboxylic acids is 1. The van der Waals surface area contributed by atoms with Gasteiger partial charge in [-0.3, -0.25) is 13.8 Å². The number of rotatable bonds is 7. The van der Waals surface area contributed by atoms with Gasteiger partial charge in [-0.1, -0.05) is 25.5 Å². The van der Waals surface area contributed by atoms with Crippen molar-refractivity contribution in [2.45, 2.75) is 64.1 Å². The zero-order chi connectivity index (χ0) is 25.1. The monoisotopic (exact) mass is 518 g/mol. The second kappa shape index (κ2) is 9.78. The summed E-state index contributed by atoms with van der Waals surface area (Å²) in [6.45, 7) is 2.91. The summed E-state index contributed by atoms with van der Waals surface area (Å²) < 4.78 is 28.6. The number of aliphatic carboxylic acids is 1. The summed E-state index contributed by atoms with van der Waals surface area (Å²) in [6.07, 6.45) is 5.73. The zero-order valence-corrected chi connectivity index (χ0v) is 23.2. The van der Waals surface area contributed by atoms with Crippen molar-refractivity contribution < 1.29 is 71.9 Å². The van der Waals surface area contributed by atoms with Gasteiger partial charge in [0.1, 0.15) is 12.2 Å². The van der Waals surface area contributed by atoms with E-state index >= 15 is 0 Å². The standard InChI is InChI=1S/C24H32O9S.Na/c1-22-8-5-15(25)11-14(22)3-4-16-17-6-9-24(30,23(17,2)12-18(26)21(16)22)19(27)13-33-34(31,32)10-7-20(28)29;/h5,8,11,16-18,21,26,30H,3-4,6-7,9-10,12-13H2,1-2H3,(H,28,29);/q;+1/p-1/t16?,17?,18?,21?,22-,23-,24-;/m0./s1. The molecule has 0 spiro atoms. The van der Waals surface area contributed by atoms with E-state index in [2.05, 4.69) is 0 Å². The molecule has 0 radical (unpaired) electrons. The molecule has 35 heavy (non-hydrogen) atoms. The van der Waals surface area contributed by atoms with Gasteiger partial charge >= 0.3 is 29.6 Å². The van der Waals surface area contributed by atoms with Crippen molar-refractivity contribution >= 4 is 27.7 Å². The maximum atomic E-state index is 13.1. The number of aliphatic hydroxyl groups is 2. The van der Waals surface area contributed by atoms with E-state index < -0.39 is 63.2 Å². The van der Waals surface area contributed by atoms with Crippen molar-refractivity contribution in [2.75, 3.05) is 12.4 Å². The van der Waals surface area contributed by atoms with Crippen molar-refractivity contribution in [3.05, 3.63) is 23.8 Å². The van der Waals surface area contributed by atoms with E-state index in [0.29, 0.717) is 12.8 Å². The quantitative estimate of drug-likeness (QED) is 0.266. The molecule has 4 rings (SSSR count). The van der Waals surface area contributed by atoms with Gasteiger partial charge in [0.15, 0.2) is 11.6 Å². The van der Waals surface area contributed by atoms with Crippen molar-refractivity contribution in [3.63, 3.8) is 0 Å². The first-order chi connectivity index (χ1) is 15.7. The van der Waals surface area contributed by atoms with Crippen molar-refractivity contribution in [1.82, 2.24) is 0 Å². The molecule has 0 aromatic rings. The molecule has 2 N–H and O–H groups in total. The number of carbonyl (C=O) groups is 3. The number of ketones is 2. The Bertz CT molecular complexity index is 1080. The third-order valence-corrected chi connectivity index (χ3v) is 10.2. The zero-order valence-electron chi connectivity index (χ0n) is 20.4. The molecule has 0 aliphatic heterocycles. The van der Waals surface area contributed by atoms with Crippen LogP contribution in [0.15, 0.2) is 23.8 Å². The van der Waals surface area contributed by atoms with Crippen molar-refractivity contribution in [2.24, 2.45) is 28.6 Å². The van der Waals surface area contributed by atoms with Crippen LogP contribution in [-0.4, -0.2) is 60.2 Å². The number of carboxylic acid groups (broad SMARTS) is 1. The predicted molar refractivity (Wildman–Crippen MR) is 117 cm³/mol. The van der Waals surface area contributed by atoms with Crippen molar-refractivity contribution in [3.8, 4) is 0 Å². The van der Waals surface area contributed by atoms with Crippen LogP contribution in [0.1, 0.15) is 52.4 Å². The minimum absolute atomic E-state index is 0.